The molecular formula is C18H24N4O2. The van der Waals surface area contributed by atoms with Gasteiger partial charge in [-0.25, -0.2) is 4.79 Å². The Labute approximate surface area is 142 Å². The summed E-state index contributed by atoms with van der Waals surface area (Å²) in [5, 5.41) is 9.58. The molecule has 0 bridgehead atoms. The molecule has 0 fully saturated rings. The van der Waals surface area contributed by atoms with Gasteiger partial charge in [-0.3, -0.25) is 4.68 Å². The molecule has 1 atom stereocenters. The third-order valence-corrected chi connectivity index (χ3v) is 4.20. The van der Waals surface area contributed by atoms with Gasteiger partial charge >= 0.3 is 6.03 Å². The molecule has 0 saturated heterocycles. The second-order valence-electron chi connectivity index (χ2n) is 6.09. The molecule has 1 aromatic heterocycles. The average molecular weight is 328 g/mol. The highest BCUT2D eigenvalue weighted by atomic mass is 16.5. The Bertz CT molecular complexity index is 683. The van der Waals surface area contributed by atoms with Gasteiger partial charge in [-0.1, -0.05) is 24.3 Å². The molecule has 1 aliphatic carbocycles. The van der Waals surface area contributed by atoms with E-state index in [-0.39, 0.29) is 12.1 Å². The number of nitrogens with one attached hydrogen (secondary N) is 2. The lowest BCUT2D eigenvalue weighted by Gasteiger charge is -2.25. The quantitative estimate of drug-likeness (QED) is 0.801. The minimum absolute atomic E-state index is 0.194. The number of fused-ring (bicyclic) bond motifs is 1. The fourth-order valence-corrected chi connectivity index (χ4v) is 3.04. The zero-order valence-electron chi connectivity index (χ0n) is 14.0. The molecule has 6 nitrogen and oxygen atoms in total. The maximum atomic E-state index is 11.8. The van der Waals surface area contributed by atoms with E-state index in [0.717, 1.165) is 19.3 Å². The molecule has 6 heteroatoms. The molecule has 0 saturated carbocycles. The number of carbonyl (C=O) groups is 1. The molecular weight excluding hydrogens is 304 g/mol. The van der Waals surface area contributed by atoms with Crippen molar-refractivity contribution >= 4 is 11.7 Å². The standard InChI is InChI=1S/C18H24N4O2/c1-22-13-15(12-20-22)21-18(23)19-10-5-11-24-17-9-4-7-14-6-2-3-8-16(14)17/h2-3,6,8,12-13,17H,4-5,7,9-11H2,1H3,(H2,19,21,23). The lowest BCUT2D eigenvalue weighted by atomic mass is 9.89. The van der Waals surface area contributed by atoms with Crippen LogP contribution in [0.4, 0.5) is 10.5 Å². The van der Waals surface area contributed by atoms with E-state index >= 15 is 0 Å². The monoisotopic (exact) mass is 328 g/mol. The van der Waals surface area contributed by atoms with Gasteiger partial charge in [0.2, 0.25) is 0 Å². The number of rotatable bonds is 6. The van der Waals surface area contributed by atoms with Crippen LogP contribution in [0.5, 0.6) is 0 Å². The molecule has 1 aliphatic rings. The number of hydrogen-bond acceptors (Lipinski definition) is 3. The van der Waals surface area contributed by atoms with Crippen LogP contribution in [0.3, 0.4) is 0 Å². The number of ether oxygens (including phenoxy) is 1. The Morgan fingerprint density at radius 2 is 2.29 bits per heavy atom. The predicted molar refractivity (Wildman–Crippen MR) is 92.9 cm³/mol. The van der Waals surface area contributed by atoms with Gasteiger partial charge in [0.05, 0.1) is 18.0 Å². The highest BCUT2D eigenvalue weighted by Gasteiger charge is 2.19. The first kappa shape index (κ1) is 16.5. The summed E-state index contributed by atoms with van der Waals surface area (Å²) in [6.07, 6.45) is 7.75. The predicted octanol–water partition coefficient (Wildman–Crippen LogP) is 3.03. The van der Waals surface area contributed by atoms with Crippen LogP contribution in [-0.2, 0) is 18.2 Å². The molecule has 24 heavy (non-hydrogen) atoms. The maximum Gasteiger partial charge on any atom is 0.319 e. The van der Waals surface area contributed by atoms with E-state index in [9.17, 15) is 4.79 Å². The molecule has 2 amide bonds. The molecule has 0 radical (unpaired) electrons. The molecule has 3 rings (SSSR count). The van der Waals surface area contributed by atoms with Crippen LogP contribution in [0.25, 0.3) is 0 Å². The summed E-state index contributed by atoms with van der Waals surface area (Å²) in [7, 11) is 1.81. The first-order valence-electron chi connectivity index (χ1n) is 8.45. The molecule has 0 aliphatic heterocycles. The molecule has 1 aromatic carbocycles. The number of nitrogens with zero attached hydrogens (tertiary/aromatic N) is 2. The van der Waals surface area contributed by atoms with E-state index in [0.29, 0.717) is 18.8 Å². The van der Waals surface area contributed by atoms with Crippen LogP contribution < -0.4 is 10.6 Å². The number of benzene rings is 1. The fourth-order valence-electron chi connectivity index (χ4n) is 3.04. The number of hydrogen-bond donors (Lipinski definition) is 2. The Morgan fingerprint density at radius 1 is 1.42 bits per heavy atom. The van der Waals surface area contributed by atoms with Crippen LogP contribution in [0.1, 0.15) is 36.5 Å². The lowest BCUT2D eigenvalue weighted by Crippen LogP contribution is -2.30. The van der Waals surface area contributed by atoms with Crippen LogP contribution >= 0.6 is 0 Å². The molecule has 128 valence electrons. The third kappa shape index (κ3) is 4.35. The van der Waals surface area contributed by atoms with Gasteiger partial charge in [-0.15, -0.1) is 0 Å². The summed E-state index contributed by atoms with van der Waals surface area (Å²) in [4.78, 5) is 11.8. The number of aromatic nitrogens is 2. The second kappa shape index (κ2) is 7.97. The van der Waals surface area contributed by atoms with Crippen LogP contribution in [-0.4, -0.2) is 29.0 Å². The summed E-state index contributed by atoms with van der Waals surface area (Å²) in [6.45, 7) is 1.23. The van der Waals surface area contributed by atoms with E-state index in [4.69, 9.17) is 4.74 Å². The van der Waals surface area contributed by atoms with Gasteiger partial charge in [-0.2, -0.15) is 5.10 Å². The molecule has 2 N–H and O–H groups in total. The first-order valence-corrected chi connectivity index (χ1v) is 8.45. The maximum absolute atomic E-state index is 11.8. The van der Waals surface area contributed by atoms with E-state index < -0.39 is 0 Å². The van der Waals surface area contributed by atoms with Gasteiger partial charge < -0.3 is 15.4 Å². The van der Waals surface area contributed by atoms with E-state index in [1.807, 2.05) is 7.05 Å². The van der Waals surface area contributed by atoms with Crippen LogP contribution in [0, 0.1) is 0 Å². The first-order chi connectivity index (χ1) is 11.7. The number of aryl methyl sites for hydroxylation is 2. The van der Waals surface area contributed by atoms with E-state index in [2.05, 4.69) is 40.0 Å². The van der Waals surface area contributed by atoms with Crippen molar-refractivity contribution in [1.29, 1.82) is 0 Å². The van der Waals surface area contributed by atoms with Gasteiger partial charge in [-0.05, 0) is 36.8 Å². The zero-order valence-corrected chi connectivity index (χ0v) is 14.0. The van der Waals surface area contributed by atoms with Gasteiger partial charge in [0.1, 0.15) is 0 Å². The molecule has 1 unspecified atom stereocenters. The van der Waals surface area contributed by atoms with Crippen LogP contribution in [0.15, 0.2) is 36.7 Å². The minimum Gasteiger partial charge on any atom is -0.373 e. The Morgan fingerprint density at radius 3 is 3.12 bits per heavy atom. The van der Waals surface area contributed by atoms with Crippen molar-refractivity contribution in [2.75, 3.05) is 18.5 Å². The topological polar surface area (TPSA) is 68.2 Å². The number of carbonyl (C=O) groups excluding carboxylic acids is 1. The largest absolute Gasteiger partial charge is 0.373 e. The van der Waals surface area contributed by atoms with Crippen molar-refractivity contribution in [2.45, 2.75) is 31.8 Å². The Kier molecular flexibility index (Phi) is 5.48. The molecule has 1 heterocycles. The highest BCUT2D eigenvalue weighted by molar-refractivity contribution is 5.88. The van der Waals surface area contributed by atoms with Crippen molar-refractivity contribution in [3.05, 3.63) is 47.8 Å². The smallest absolute Gasteiger partial charge is 0.319 e. The number of urea groups is 1. The zero-order chi connectivity index (χ0) is 16.8. The third-order valence-electron chi connectivity index (χ3n) is 4.20. The number of amides is 2. The number of anilines is 1. The fraction of sp³-hybridized carbons (Fsp3) is 0.444. The van der Waals surface area contributed by atoms with Crippen LogP contribution in [0.2, 0.25) is 0 Å². The summed E-state index contributed by atoms with van der Waals surface area (Å²) < 4.78 is 7.67. The van der Waals surface area contributed by atoms with Crippen molar-refractivity contribution in [3.63, 3.8) is 0 Å². The summed E-state index contributed by atoms with van der Waals surface area (Å²) in [5.74, 6) is 0. The SMILES string of the molecule is Cn1cc(NC(=O)NCCCOC2CCCc3ccccc32)cn1. The Balaban J connectivity index is 1.35. The van der Waals surface area contributed by atoms with Gasteiger partial charge in [0.25, 0.3) is 0 Å². The van der Waals surface area contributed by atoms with Crippen molar-refractivity contribution < 1.29 is 9.53 Å². The summed E-state index contributed by atoms with van der Waals surface area (Å²) in [6, 6.07) is 8.30. The normalized spacial score (nSPS) is 16.5. The molecule has 0 spiro atoms. The van der Waals surface area contributed by atoms with Crippen molar-refractivity contribution in [3.8, 4) is 0 Å². The average Bonchev–Trinajstić information content (AvgIpc) is 2.99. The van der Waals surface area contributed by atoms with Crippen molar-refractivity contribution in [1.82, 2.24) is 15.1 Å². The molecule has 2 aromatic rings. The van der Waals surface area contributed by atoms with E-state index in [1.165, 1.54) is 17.5 Å². The summed E-state index contributed by atoms with van der Waals surface area (Å²) >= 11 is 0. The van der Waals surface area contributed by atoms with Gasteiger partial charge in [0.15, 0.2) is 0 Å². The lowest BCUT2D eigenvalue weighted by molar-refractivity contribution is 0.0397. The van der Waals surface area contributed by atoms with Crippen molar-refractivity contribution in [2.24, 2.45) is 7.05 Å². The van der Waals surface area contributed by atoms with Gasteiger partial charge in [0, 0.05) is 26.4 Å². The highest BCUT2D eigenvalue weighted by Crippen LogP contribution is 2.32. The summed E-state index contributed by atoms with van der Waals surface area (Å²) in [5.41, 5.74) is 3.42. The minimum atomic E-state index is -0.217. The Hall–Kier alpha value is -2.34. The second-order valence-corrected chi connectivity index (χ2v) is 6.09. The van der Waals surface area contributed by atoms with E-state index in [1.54, 1.807) is 17.1 Å².